The van der Waals surface area contributed by atoms with Crippen LogP contribution >= 0.6 is 23.2 Å². The van der Waals surface area contributed by atoms with Gasteiger partial charge in [-0.2, -0.15) is 0 Å². The number of sulfonamides is 1. The Morgan fingerprint density at radius 3 is 2.27 bits per heavy atom. The highest BCUT2D eigenvalue weighted by Gasteiger charge is 2.31. The zero-order chi connectivity index (χ0) is 29.3. The first-order valence-electron chi connectivity index (χ1n) is 13.1. The predicted octanol–water partition coefficient (Wildman–Crippen LogP) is 5.62. The molecule has 7 nitrogen and oxygen atoms in total. The van der Waals surface area contributed by atoms with Crippen molar-refractivity contribution < 1.29 is 18.0 Å². The summed E-state index contributed by atoms with van der Waals surface area (Å²) >= 11 is 12.6. The van der Waals surface area contributed by atoms with Gasteiger partial charge in [0.1, 0.15) is 6.04 Å². The number of para-hydroxylation sites is 1. The van der Waals surface area contributed by atoms with Gasteiger partial charge in [0.15, 0.2) is 0 Å². The Bertz CT molecular complexity index is 1420. The topological polar surface area (TPSA) is 86.8 Å². The minimum atomic E-state index is -3.58. The molecule has 0 heterocycles. The van der Waals surface area contributed by atoms with Gasteiger partial charge in [0.25, 0.3) is 0 Å². The number of anilines is 1. The van der Waals surface area contributed by atoms with Crippen LogP contribution in [0.5, 0.6) is 0 Å². The molecule has 3 aromatic rings. The summed E-state index contributed by atoms with van der Waals surface area (Å²) in [5, 5.41) is 3.72. The lowest BCUT2D eigenvalue weighted by molar-refractivity contribution is -0.141. The molecule has 0 fully saturated rings. The van der Waals surface area contributed by atoms with Gasteiger partial charge in [-0.3, -0.25) is 13.9 Å². The monoisotopic (exact) mass is 603 g/mol. The van der Waals surface area contributed by atoms with Crippen molar-refractivity contribution in [3.05, 3.63) is 99.5 Å². The normalized spacial score (nSPS) is 12.0. The fourth-order valence-corrected chi connectivity index (χ4v) is 6.00. The summed E-state index contributed by atoms with van der Waals surface area (Å²) < 4.78 is 26.6. The fraction of sp³-hybridized carbons (Fsp3) is 0.333. The maximum Gasteiger partial charge on any atom is 0.243 e. The van der Waals surface area contributed by atoms with Crippen LogP contribution in [-0.4, -0.2) is 50.5 Å². The standard InChI is InChI=1S/C30H35Cl2N3O4S/c1-4-33-30(37)28(19-23-12-6-5-7-13-23)34(21-24-16-17-25(31)20-26(24)32)29(36)15-10-18-35(40(3,38)39)27-14-9-8-11-22(27)2/h5-9,11-14,16-17,20,28H,4,10,15,18-19,21H2,1-3H3,(H,33,37)/t28-/m0/s1. The van der Waals surface area contributed by atoms with E-state index >= 15 is 0 Å². The maximum atomic E-state index is 13.8. The molecule has 0 saturated heterocycles. The van der Waals surface area contributed by atoms with Crippen molar-refractivity contribution in [1.29, 1.82) is 0 Å². The van der Waals surface area contributed by atoms with Crippen LogP contribution in [0.3, 0.4) is 0 Å². The second-order valence-electron chi connectivity index (χ2n) is 9.58. The van der Waals surface area contributed by atoms with Gasteiger partial charge in [-0.05, 0) is 55.2 Å². The first-order chi connectivity index (χ1) is 19.0. The van der Waals surface area contributed by atoms with Crippen LogP contribution in [-0.2, 0) is 32.6 Å². The second kappa shape index (κ2) is 14.5. The van der Waals surface area contributed by atoms with Crippen LogP contribution in [0.25, 0.3) is 0 Å². The molecular formula is C30H35Cl2N3O4S. The fourth-order valence-electron chi connectivity index (χ4n) is 4.51. The lowest BCUT2D eigenvalue weighted by atomic mass is 10.0. The van der Waals surface area contributed by atoms with Crippen molar-refractivity contribution in [1.82, 2.24) is 10.2 Å². The lowest BCUT2D eigenvalue weighted by Gasteiger charge is -2.32. The molecule has 0 spiro atoms. The van der Waals surface area contributed by atoms with Crippen molar-refractivity contribution in [2.24, 2.45) is 0 Å². The third-order valence-electron chi connectivity index (χ3n) is 6.51. The largest absolute Gasteiger partial charge is 0.355 e. The number of amides is 2. The van der Waals surface area contributed by atoms with Crippen LogP contribution in [0.4, 0.5) is 5.69 Å². The molecular weight excluding hydrogens is 569 g/mol. The molecule has 0 bridgehead atoms. The number of rotatable bonds is 13. The van der Waals surface area contributed by atoms with E-state index in [4.69, 9.17) is 23.2 Å². The minimum absolute atomic E-state index is 0.0355. The van der Waals surface area contributed by atoms with Crippen LogP contribution < -0.4 is 9.62 Å². The van der Waals surface area contributed by atoms with Crippen molar-refractivity contribution in [3.63, 3.8) is 0 Å². The van der Waals surface area contributed by atoms with Crippen LogP contribution in [0.15, 0.2) is 72.8 Å². The first-order valence-corrected chi connectivity index (χ1v) is 15.7. The molecule has 0 aromatic heterocycles. The van der Waals surface area contributed by atoms with Gasteiger partial charge in [-0.15, -0.1) is 0 Å². The Morgan fingerprint density at radius 1 is 0.975 bits per heavy atom. The van der Waals surface area contributed by atoms with Crippen LogP contribution in [0.1, 0.15) is 36.5 Å². The Labute approximate surface area is 247 Å². The Balaban J connectivity index is 1.90. The summed E-state index contributed by atoms with van der Waals surface area (Å²) in [7, 11) is -3.58. The number of benzene rings is 3. The van der Waals surface area contributed by atoms with E-state index < -0.39 is 16.1 Å². The van der Waals surface area contributed by atoms with E-state index in [0.717, 1.165) is 17.4 Å². The molecule has 0 aliphatic rings. The van der Waals surface area contributed by atoms with E-state index in [9.17, 15) is 18.0 Å². The molecule has 0 unspecified atom stereocenters. The number of likely N-dealkylation sites (N-methyl/N-ethyl adjacent to an activating group) is 1. The highest BCUT2D eigenvalue weighted by Crippen LogP contribution is 2.26. The van der Waals surface area contributed by atoms with Crippen molar-refractivity contribution >= 4 is 50.7 Å². The number of halogens is 2. The number of carbonyl (C=O) groups excluding carboxylic acids is 2. The molecule has 1 atom stereocenters. The highest BCUT2D eigenvalue weighted by atomic mass is 35.5. The van der Waals surface area contributed by atoms with E-state index in [-0.39, 0.29) is 37.7 Å². The van der Waals surface area contributed by atoms with E-state index in [1.54, 1.807) is 30.3 Å². The second-order valence-corrected chi connectivity index (χ2v) is 12.3. The summed E-state index contributed by atoms with van der Waals surface area (Å²) in [5.41, 5.74) is 2.95. The van der Waals surface area contributed by atoms with Gasteiger partial charge >= 0.3 is 0 Å². The SMILES string of the molecule is CCNC(=O)[C@H](Cc1ccccc1)N(Cc1ccc(Cl)cc1Cl)C(=O)CCCN(c1ccccc1C)S(C)(=O)=O. The Kier molecular flexibility index (Phi) is 11.4. The lowest BCUT2D eigenvalue weighted by Crippen LogP contribution is -2.50. The molecule has 3 rings (SSSR count). The quantitative estimate of drug-likeness (QED) is 0.274. The van der Waals surface area contributed by atoms with Gasteiger partial charge in [0, 0.05) is 42.5 Å². The van der Waals surface area contributed by atoms with Gasteiger partial charge in [-0.25, -0.2) is 8.42 Å². The maximum absolute atomic E-state index is 13.8. The predicted molar refractivity (Wildman–Crippen MR) is 162 cm³/mol. The molecule has 214 valence electrons. The third-order valence-corrected chi connectivity index (χ3v) is 8.28. The average molecular weight is 605 g/mol. The first kappa shape index (κ1) is 31.5. The molecule has 0 saturated carbocycles. The number of nitrogens with zero attached hydrogens (tertiary/aromatic N) is 2. The van der Waals surface area contributed by atoms with Crippen molar-refractivity contribution in [2.45, 2.75) is 45.7 Å². The van der Waals surface area contributed by atoms with Gasteiger partial charge in [-0.1, -0.05) is 77.8 Å². The summed E-state index contributed by atoms with van der Waals surface area (Å²) in [4.78, 5) is 28.7. The average Bonchev–Trinajstić information content (AvgIpc) is 2.90. The molecule has 0 aliphatic carbocycles. The van der Waals surface area contributed by atoms with Crippen molar-refractivity contribution in [3.8, 4) is 0 Å². The number of carbonyl (C=O) groups is 2. The smallest absolute Gasteiger partial charge is 0.243 e. The highest BCUT2D eigenvalue weighted by molar-refractivity contribution is 7.92. The molecule has 40 heavy (non-hydrogen) atoms. The number of hydrogen-bond donors (Lipinski definition) is 1. The molecule has 0 aliphatic heterocycles. The Hall–Kier alpha value is -3.07. The van der Waals surface area contributed by atoms with E-state index in [1.807, 2.05) is 56.3 Å². The van der Waals surface area contributed by atoms with Crippen molar-refractivity contribution in [2.75, 3.05) is 23.7 Å². The third kappa shape index (κ3) is 8.71. The molecule has 0 radical (unpaired) electrons. The van der Waals surface area contributed by atoms with Crippen LogP contribution in [0.2, 0.25) is 10.0 Å². The summed E-state index contributed by atoms with van der Waals surface area (Å²) in [6.45, 7) is 4.29. The Morgan fingerprint density at radius 2 is 1.65 bits per heavy atom. The van der Waals surface area contributed by atoms with Gasteiger partial charge in [0.05, 0.1) is 11.9 Å². The van der Waals surface area contributed by atoms with E-state index in [1.165, 1.54) is 9.21 Å². The molecule has 3 aromatic carbocycles. The van der Waals surface area contributed by atoms with Gasteiger partial charge < -0.3 is 10.2 Å². The number of hydrogen-bond acceptors (Lipinski definition) is 4. The zero-order valence-corrected chi connectivity index (χ0v) is 25.3. The molecule has 1 N–H and O–H groups in total. The summed E-state index contributed by atoms with van der Waals surface area (Å²) in [5.74, 6) is -0.557. The van der Waals surface area contributed by atoms with Gasteiger partial charge in [0.2, 0.25) is 21.8 Å². The van der Waals surface area contributed by atoms with E-state index in [2.05, 4.69) is 5.32 Å². The summed E-state index contributed by atoms with van der Waals surface area (Å²) in [6.07, 6.45) is 1.76. The van der Waals surface area contributed by atoms with E-state index in [0.29, 0.717) is 34.3 Å². The molecule has 2 amide bonds. The number of aryl methyl sites for hydroxylation is 1. The molecule has 10 heteroatoms. The zero-order valence-electron chi connectivity index (χ0n) is 22.9. The minimum Gasteiger partial charge on any atom is -0.355 e. The van der Waals surface area contributed by atoms with Crippen LogP contribution in [0, 0.1) is 6.92 Å². The summed E-state index contributed by atoms with van der Waals surface area (Å²) in [6, 6.07) is 20.9. The number of nitrogens with one attached hydrogen (secondary N) is 1.